The Morgan fingerprint density at radius 2 is 1.00 bits per heavy atom. The van der Waals surface area contributed by atoms with Crippen LogP contribution in [0.2, 0.25) is 0 Å². The van der Waals surface area contributed by atoms with Crippen molar-refractivity contribution in [2.75, 3.05) is 0 Å². The van der Waals surface area contributed by atoms with Crippen LogP contribution in [-0.2, 0) is 12.6 Å². The second-order valence-corrected chi connectivity index (χ2v) is 3.67. The summed E-state index contributed by atoms with van der Waals surface area (Å²) >= 11 is 5.47. The topological polar surface area (TPSA) is 0 Å². The van der Waals surface area contributed by atoms with Gasteiger partial charge in [-0.05, 0) is 0 Å². The van der Waals surface area contributed by atoms with Crippen LogP contribution in [0.1, 0.15) is 16.4 Å². The van der Waals surface area contributed by atoms with Gasteiger partial charge in [-0.3, -0.25) is 0 Å². The zero-order chi connectivity index (χ0) is 9.80. The fraction of sp³-hybridized carbons (Fsp3) is 0.0769. The summed E-state index contributed by atoms with van der Waals surface area (Å²) in [5, 5.41) is 0.0670. The highest BCUT2D eigenvalue weighted by Crippen LogP contribution is 2.21. The highest BCUT2D eigenvalue weighted by atomic mass is 32.1. The maximum absolute atomic E-state index is 5.47. The van der Waals surface area contributed by atoms with Crippen molar-refractivity contribution in [1.29, 1.82) is 0 Å². The normalized spacial score (nSPS) is 10.4. The van der Waals surface area contributed by atoms with Crippen LogP contribution < -0.4 is 0 Å². The number of rotatable bonds is 2. The highest BCUT2D eigenvalue weighted by Gasteiger charge is 1.97. The minimum atomic E-state index is 0.0670. The van der Waals surface area contributed by atoms with Gasteiger partial charge in [0.05, 0.1) is 0 Å². The molecule has 0 bridgehead atoms. The molecule has 0 aliphatic rings. The van der Waals surface area contributed by atoms with Crippen molar-refractivity contribution in [3.05, 3.63) is 71.8 Å². The molecule has 70 valence electrons. The van der Waals surface area contributed by atoms with Gasteiger partial charge in [-0.15, -0.1) is 5.25 Å². The molecule has 0 fully saturated rings. The third-order valence-corrected chi connectivity index (χ3v) is 2.75. The van der Waals surface area contributed by atoms with Gasteiger partial charge in [0, 0.05) is 0 Å². The molecule has 0 N–H and O–H groups in total. The lowest BCUT2D eigenvalue weighted by Crippen LogP contribution is -1.95. The summed E-state index contributed by atoms with van der Waals surface area (Å²) in [4.78, 5) is 0. The lowest BCUT2D eigenvalue weighted by Gasteiger charge is -2.23. The van der Waals surface area contributed by atoms with Crippen LogP contribution in [0, 0.1) is 0 Å². The highest BCUT2D eigenvalue weighted by molar-refractivity contribution is 7.59. The van der Waals surface area contributed by atoms with Crippen molar-refractivity contribution >= 4 is 12.6 Å². The molecule has 2 aromatic carbocycles. The monoisotopic (exact) mass is 199 g/mol. The van der Waals surface area contributed by atoms with Gasteiger partial charge >= 0.3 is 0 Å². The van der Waals surface area contributed by atoms with E-state index in [2.05, 4.69) is 24.3 Å². The summed E-state index contributed by atoms with van der Waals surface area (Å²) < 4.78 is 0. The SMILES string of the molecule is [S-]C(c1ccccc1)c1ccccc1. The Morgan fingerprint density at radius 3 is 1.36 bits per heavy atom. The van der Waals surface area contributed by atoms with Crippen molar-refractivity contribution in [1.82, 2.24) is 0 Å². The largest absolute Gasteiger partial charge is 0.780 e. The molecule has 0 amide bonds. The molecule has 2 aromatic rings. The van der Waals surface area contributed by atoms with E-state index >= 15 is 0 Å². The first kappa shape index (κ1) is 9.35. The first-order chi connectivity index (χ1) is 6.88. The Labute approximate surface area is 90.0 Å². The van der Waals surface area contributed by atoms with Gasteiger partial charge in [-0.1, -0.05) is 71.8 Å². The Bertz CT molecular complexity index is 341. The van der Waals surface area contributed by atoms with E-state index in [0.717, 1.165) is 0 Å². The molecule has 0 aliphatic heterocycles. The van der Waals surface area contributed by atoms with Crippen LogP contribution in [0.5, 0.6) is 0 Å². The third kappa shape index (κ3) is 1.99. The maximum Gasteiger partial charge on any atom is -0.0604 e. The summed E-state index contributed by atoms with van der Waals surface area (Å²) in [5.74, 6) is 0. The predicted molar refractivity (Wildman–Crippen MR) is 62.1 cm³/mol. The fourth-order valence-electron chi connectivity index (χ4n) is 1.45. The van der Waals surface area contributed by atoms with Crippen LogP contribution >= 0.6 is 0 Å². The molecule has 0 saturated carbocycles. The molecule has 0 aromatic heterocycles. The molecule has 0 saturated heterocycles. The molecule has 0 aliphatic carbocycles. The van der Waals surface area contributed by atoms with Gasteiger partial charge in [0.1, 0.15) is 0 Å². The standard InChI is InChI=1S/C13H12S/c14-13(11-7-3-1-4-8-11)12-9-5-2-6-10-12/h1-10,13-14H/p-1. The second kappa shape index (κ2) is 4.34. The molecule has 0 heterocycles. The van der Waals surface area contributed by atoms with Gasteiger partial charge in [0.25, 0.3) is 0 Å². The molecule has 1 heteroatoms. The predicted octanol–water partition coefficient (Wildman–Crippen LogP) is 3.32. The molecule has 0 nitrogen and oxygen atoms in total. The van der Waals surface area contributed by atoms with Crippen LogP contribution in [-0.4, -0.2) is 0 Å². The van der Waals surface area contributed by atoms with Crippen LogP contribution in [0.3, 0.4) is 0 Å². The van der Waals surface area contributed by atoms with E-state index in [-0.39, 0.29) is 5.25 Å². The quantitative estimate of drug-likeness (QED) is 0.669. The number of benzene rings is 2. The van der Waals surface area contributed by atoms with Crippen LogP contribution in [0.15, 0.2) is 60.7 Å². The Morgan fingerprint density at radius 1 is 0.643 bits per heavy atom. The second-order valence-electron chi connectivity index (χ2n) is 3.20. The number of hydrogen-bond donors (Lipinski definition) is 0. The Kier molecular flexibility index (Phi) is 2.90. The summed E-state index contributed by atoms with van der Waals surface area (Å²) in [6.45, 7) is 0. The zero-order valence-corrected chi connectivity index (χ0v) is 8.58. The third-order valence-electron chi connectivity index (χ3n) is 2.20. The van der Waals surface area contributed by atoms with E-state index in [1.54, 1.807) is 0 Å². The summed E-state index contributed by atoms with van der Waals surface area (Å²) in [6, 6.07) is 20.4. The van der Waals surface area contributed by atoms with E-state index in [4.69, 9.17) is 12.6 Å². The van der Waals surface area contributed by atoms with E-state index in [1.807, 2.05) is 36.4 Å². The average molecular weight is 199 g/mol. The van der Waals surface area contributed by atoms with Gasteiger partial charge in [-0.2, -0.15) is 0 Å². The van der Waals surface area contributed by atoms with E-state index in [9.17, 15) is 0 Å². The van der Waals surface area contributed by atoms with Gasteiger partial charge in [0.15, 0.2) is 0 Å². The Balaban J connectivity index is 2.30. The minimum absolute atomic E-state index is 0.0670. The maximum atomic E-state index is 5.47. The molecular weight excluding hydrogens is 188 g/mol. The average Bonchev–Trinajstić information content (AvgIpc) is 2.30. The molecular formula is C13H11S-. The lowest BCUT2D eigenvalue weighted by atomic mass is 10.0. The Hall–Kier alpha value is -1.21. The van der Waals surface area contributed by atoms with Crippen LogP contribution in [0.25, 0.3) is 0 Å². The van der Waals surface area contributed by atoms with Crippen molar-refractivity contribution in [2.45, 2.75) is 5.25 Å². The molecule has 14 heavy (non-hydrogen) atoms. The van der Waals surface area contributed by atoms with Gasteiger partial charge in [0.2, 0.25) is 0 Å². The number of hydrogen-bond acceptors (Lipinski definition) is 1. The summed E-state index contributed by atoms with van der Waals surface area (Å²) in [7, 11) is 0. The summed E-state index contributed by atoms with van der Waals surface area (Å²) in [5.41, 5.74) is 2.38. The first-order valence-electron chi connectivity index (χ1n) is 4.63. The van der Waals surface area contributed by atoms with E-state index in [1.165, 1.54) is 11.1 Å². The van der Waals surface area contributed by atoms with E-state index in [0.29, 0.717) is 0 Å². The fourth-order valence-corrected chi connectivity index (χ4v) is 1.76. The molecule has 2 rings (SSSR count). The van der Waals surface area contributed by atoms with Gasteiger partial charge < -0.3 is 12.6 Å². The lowest BCUT2D eigenvalue weighted by molar-refractivity contribution is 1.16. The van der Waals surface area contributed by atoms with E-state index < -0.39 is 0 Å². The molecule has 0 unspecified atom stereocenters. The van der Waals surface area contributed by atoms with Crippen molar-refractivity contribution in [3.63, 3.8) is 0 Å². The molecule has 0 atom stereocenters. The smallest absolute Gasteiger partial charge is 0.0604 e. The van der Waals surface area contributed by atoms with Gasteiger partial charge in [-0.25, -0.2) is 0 Å². The van der Waals surface area contributed by atoms with Crippen molar-refractivity contribution in [3.8, 4) is 0 Å². The van der Waals surface area contributed by atoms with Crippen molar-refractivity contribution < 1.29 is 0 Å². The zero-order valence-electron chi connectivity index (χ0n) is 7.76. The van der Waals surface area contributed by atoms with Crippen molar-refractivity contribution in [2.24, 2.45) is 0 Å². The summed E-state index contributed by atoms with van der Waals surface area (Å²) in [6.07, 6.45) is 0. The van der Waals surface area contributed by atoms with Crippen LogP contribution in [0.4, 0.5) is 0 Å². The molecule has 0 radical (unpaired) electrons. The minimum Gasteiger partial charge on any atom is -0.780 e. The molecule has 0 spiro atoms. The first-order valence-corrected chi connectivity index (χ1v) is 5.11.